The fraction of sp³-hybridized carbons (Fsp3) is 0.0588. The molecule has 0 aliphatic heterocycles. The van der Waals surface area contributed by atoms with Crippen molar-refractivity contribution in [1.82, 2.24) is 5.32 Å². The second-order valence-corrected chi connectivity index (χ2v) is 4.96. The predicted molar refractivity (Wildman–Crippen MR) is 88.6 cm³/mol. The Morgan fingerprint density at radius 3 is 2.55 bits per heavy atom. The molecule has 0 heterocycles. The van der Waals surface area contributed by atoms with Crippen molar-refractivity contribution in [1.29, 1.82) is 0 Å². The molecule has 2 rings (SSSR count). The van der Waals surface area contributed by atoms with Crippen LogP contribution in [0.1, 0.15) is 5.56 Å². The highest BCUT2D eigenvalue weighted by Gasteiger charge is 2.04. The molecule has 0 saturated heterocycles. The van der Waals surface area contributed by atoms with Gasteiger partial charge >= 0.3 is 0 Å². The van der Waals surface area contributed by atoms with Crippen LogP contribution in [0.5, 0.6) is 0 Å². The Bertz CT molecular complexity index is 684. The summed E-state index contributed by atoms with van der Waals surface area (Å²) >= 11 is 5.83. The van der Waals surface area contributed by atoms with Crippen molar-refractivity contribution in [2.45, 2.75) is 0 Å². The lowest BCUT2D eigenvalue weighted by molar-refractivity contribution is -0.121. The summed E-state index contributed by atoms with van der Waals surface area (Å²) in [6.07, 6.45) is 3.08. The molecule has 0 spiro atoms. The molecule has 5 heteroatoms. The van der Waals surface area contributed by atoms with E-state index in [0.29, 0.717) is 10.7 Å². The van der Waals surface area contributed by atoms with Crippen LogP contribution < -0.4 is 10.6 Å². The van der Waals surface area contributed by atoms with Gasteiger partial charge in [-0.3, -0.25) is 9.59 Å². The summed E-state index contributed by atoms with van der Waals surface area (Å²) < 4.78 is 0. The van der Waals surface area contributed by atoms with Crippen LogP contribution in [-0.2, 0) is 9.59 Å². The molecule has 0 aliphatic carbocycles. The fourth-order valence-corrected chi connectivity index (χ4v) is 1.92. The van der Waals surface area contributed by atoms with Gasteiger partial charge in [0.2, 0.25) is 11.8 Å². The molecule has 4 nitrogen and oxygen atoms in total. The number of nitrogens with one attached hydrogen (secondary N) is 2. The van der Waals surface area contributed by atoms with E-state index in [4.69, 9.17) is 11.6 Å². The van der Waals surface area contributed by atoms with Crippen LogP contribution in [0.4, 0.5) is 5.69 Å². The second kappa shape index (κ2) is 8.00. The SMILES string of the molecule is O=C(/C=C/c1ccccc1)NCC(=O)Nc1cccc(Cl)c1. The molecule has 0 fully saturated rings. The van der Waals surface area contributed by atoms with E-state index in [1.165, 1.54) is 6.08 Å². The first-order valence-corrected chi connectivity index (χ1v) is 7.08. The van der Waals surface area contributed by atoms with Crippen molar-refractivity contribution >= 4 is 35.2 Å². The lowest BCUT2D eigenvalue weighted by Gasteiger charge is -2.05. The average molecular weight is 315 g/mol. The number of benzene rings is 2. The van der Waals surface area contributed by atoms with Gasteiger partial charge in [0.15, 0.2) is 0 Å². The Morgan fingerprint density at radius 1 is 1.05 bits per heavy atom. The number of carbonyl (C=O) groups excluding carboxylic acids is 2. The summed E-state index contributed by atoms with van der Waals surface area (Å²) in [7, 11) is 0. The van der Waals surface area contributed by atoms with E-state index in [1.807, 2.05) is 30.3 Å². The minimum atomic E-state index is -0.329. The number of rotatable bonds is 5. The summed E-state index contributed by atoms with van der Waals surface area (Å²) in [5.74, 6) is -0.645. The van der Waals surface area contributed by atoms with Gasteiger partial charge in [-0.25, -0.2) is 0 Å². The average Bonchev–Trinajstić information content (AvgIpc) is 2.52. The van der Waals surface area contributed by atoms with E-state index in [0.717, 1.165) is 5.56 Å². The maximum atomic E-state index is 11.7. The third kappa shape index (κ3) is 5.42. The molecule has 0 aromatic heterocycles. The number of amides is 2. The molecule has 0 atom stereocenters. The lowest BCUT2D eigenvalue weighted by atomic mass is 10.2. The van der Waals surface area contributed by atoms with Crippen LogP contribution in [-0.4, -0.2) is 18.4 Å². The summed E-state index contributed by atoms with van der Waals surface area (Å²) in [6.45, 7) is -0.107. The van der Waals surface area contributed by atoms with Gasteiger partial charge in [-0.2, -0.15) is 0 Å². The maximum Gasteiger partial charge on any atom is 0.244 e. The number of halogens is 1. The largest absolute Gasteiger partial charge is 0.343 e. The molecule has 2 aromatic rings. The summed E-state index contributed by atoms with van der Waals surface area (Å²) in [4.78, 5) is 23.3. The minimum absolute atomic E-state index is 0.107. The van der Waals surface area contributed by atoms with Crippen molar-refractivity contribution in [2.24, 2.45) is 0 Å². The van der Waals surface area contributed by atoms with Crippen molar-refractivity contribution in [3.63, 3.8) is 0 Å². The second-order valence-electron chi connectivity index (χ2n) is 4.52. The maximum absolute atomic E-state index is 11.7. The van der Waals surface area contributed by atoms with Gasteiger partial charge in [-0.15, -0.1) is 0 Å². The molecule has 22 heavy (non-hydrogen) atoms. The van der Waals surface area contributed by atoms with Crippen LogP contribution in [0.15, 0.2) is 60.7 Å². The highest BCUT2D eigenvalue weighted by Crippen LogP contribution is 2.14. The summed E-state index contributed by atoms with van der Waals surface area (Å²) in [5.41, 5.74) is 1.51. The van der Waals surface area contributed by atoms with Gasteiger partial charge in [-0.05, 0) is 29.8 Å². The van der Waals surface area contributed by atoms with Gasteiger partial charge in [0.25, 0.3) is 0 Å². The van der Waals surface area contributed by atoms with Crippen LogP contribution in [0, 0.1) is 0 Å². The van der Waals surface area contributed by atoms with Crippen LogP contribution in [0.25, 0.3) is 6.08 Å². The van der Waals surface area contributed by atoms with Gasteiger partial charge in [0, 0.05) is 16.8 Å². The molecule has 0 saturated carbocycles. The zero-order chi connectivity index (χ0) is 15.8. The number of anilines is 1. The molecule has 0 aliphatic rings. The third-order valence-corrected chi connectivity index (χ3v) is 2.99. The smallest absolute Gasteiger partial charge is 0.244 e. The van der Waals surface area contributed by atoms with Crippen molar-refractivity contribution in [3.8, 4) is 0 Å². The normalized spacial score (nSPS) is 10.4. The number of carbonyl (C=O) groups is 2. The summed E-state index contributed by atoms with van der Waals surface area (Å²) in [5, 5.41) is 5.70. The quantitative estimate of drug-likeness (QED) is 0.833. The number of hydrogen-bond acceptors (Lipinski definition) is 2. The predicted octanol–water partition coefficient (Wildman–Crippen LogP) is 3.11. The third-order valence-electron chi connectivity index (χ3n) is 2.76. The van der Waals surface area contributed by atoms with E-state index in [1.54, 1.807) is 30.3 Å². The molecular formula is C17H15ClN2O2. The molecule has 0 unspecified atom stereocenters. The van der Waals surface area contributed by atoms with E-state index >= 15 is 0 Å². The van der Waals surface area contributed by atoms with Crippen LogP contribution in [0.2, 0.25) is 5.02 Å². The first-order chi connectivity index (χ1) is 10.6. The number of hydrogen-bond donors (Lipinski definition) is 2. The topological polar surface area (TPSA) is 58.2 Å². The van der Waals surface area contributed by atoms with E-state index in [2.05, 4.69) is 10.6 Å². The van der Waals surface area contributed by atoms with Gasteiger partial charge < -0.3 is 10.6 Å². The first kappa shape index (κ1) is 15.8. The van der Waals surface area contributed by atoms with Crippen molar-refractivity contribution in [2.75, 3.05) is 11.9 Å². The fourth-order valence-electron chi connectivity index (χ4n) is 1.73. The summed E-state index contributed by atoms with van der Waals surface area (Å²) in [6, 6.07) is 16.2. The van der Waals surface area contributed by atoms with Gasteiger partial charge in [0.05, 0.1) is 6.54 Å². The highest BCUT2D eigenvalue weighted by atomic mass is 35.5. The molecule has 0 bridgehead atoms. The van der Waals surface area contributed by atoms with Crippen LogP contribution in [0.3, 0.4) is 0 Å². The zero-order valence-corrected chi connectivity index (χ0v) is 12.5. The standard InChI is InChI=1S/C17H15ClN2O2/c18-14-7-4-8-15(11-14)20-17(22)12-19-16(21)10-9-13-5-2-1-3-6-13/h1-11H,12H2,(H,19,21)(H,20,22)/b10-9+. The molecular weight excluding hydrogens is 300 g/mol. The Morgan fingerprint density at radius 2 is 1.82 bits per heavy atom. The van der Waals surface area contributed by atoms with E-state index in [-0.39, 0.29) is 18.4 Å². The Labute approximate surface area is 133 Å². The Kier molecular flexibility index (Phi) is 5.74. The van der Waals surface area contributed by atoms with Crippen molar-refractivity contribution < 1.29 is 9.59 Å². The van der Waals surface area contributed by atoms with Crippen LogP contribution >= 0.6 is 11.6 Å². The lowest BCUT2D eigenvalue weighted by Crippen LogP contribution is -2.31. The molecule has 112 valence electrons. The van der Waals surface area contributed by atoms with E-state index in [9.17, 15) is 9.59 Å². The van der Waals surface area contributed by atoms with Gasteiger partial charge in [-0.1, -0.05) is 48.0 Å². The molecule has 2 aromatic carbocycles. The minimum Gasteiger partial charge on any atom is -0.343 e. The monoisotopic (exact) mass is 314 g/mol. The Hall–Kier alpha value is -2.59. The van der Waals surface area contributed by atoms with Crippen molar-refractivity contribution in [3.05, 3.63) is 71.3 Å². The molecule has 2 amide bonds. The highest BCUT2D eigenvalue weighted by molar-refractivity contribution is 6.30. The Balaban J connectivity index is 1.78. The zero-order valence-electron chi connectivity index (χ0n) is 11.8. The van der Waals surface area contributed by atoms with E-state index < -0.39 is 0 Å². The van der Waals surface area contributed by atoms with Gasteiger partial charge in [0.1, 0.15) is 0 Å². The first-order valence-electron chi connectivity index (χ1n) is 6.70. The molecule has 0 radical (unpaired) electrons. The molecule has 2 N–H and O–H groups in total.